The Morgan fingerprint density at radius 3 is 2.68 bits per heavy atom. The molecule has 0 spiro atoms. The van der Waals surface area contributed by atoms with E-state index in [-0.39, 0.29) is 0 Å². The summed E-state index contributed by atoms with van der Waals surface area (Å²) in [5.41, 5.74) is 4.26. The normalized spacial score (nSPS) is 26.1. The van der Waals surface area contributed by atoms with Crippen molar-refractivity contribution in [3.05, 3.63) is 72.8 Å². The van der Waals surface area contributed by atoms with Gasteiger partial charge in [-0.3, -0.25) is 0 Å². The molecule has 0 radical (unpaired) electrons. The topological polar surface area (TPSA) is 3.24 Å². The molecule has 2 unspecified atom stereocenters. The molecule has 2 rings (SSSR count). The second kappa shape index (κ2) is 5.92. The molecule has 100 valence electrons. The molecular formula is C18H23N. The maximum Gasteiger partial charge on any atom is 0.0257 e. The van der Waals surface area contributed by atoms with Crippen LogP contribution >= 0.6 is 0 Å². The predicted molar refractivity (Wildman–Crippen MR) is 83.2 cm³/mol. The summed E-state index contributed by atoms with van der Waals surface area (Å²) in [7, 11) is 0. The first kappa shape index (κ1) is 13.7. The maximum absolute atomic E-state index is 3.86. The van der Waals surface area contributed by atoms with Gasteiger partial charge in [0, 0.05) is 29.9 Å². The molecule has 0 bridgehead atoms. The Labute approximate surface area is 117 Å². The average molecular weight is 253 g/mol. The first-order valence-electron chi connectivity index (χ1n) is 6.97. The third-order valence-electron chi connectivity index (χ3n) is 4.12. The number of hydrogen-bond donors (Lipinski definition) is 0. The minimum Gasteiger partial charge on any atom is -0.328 e. The molecule has 0 aromatic carbocycles. The van der Waals surface area contributed by atoms with E-state index >= 15 is 0 Å². The molecule has 2 atom stereocenters. The summed E-state index contributed by atoms with van der Waals surface area (Å²) < 4.78 is 0. The fourth-order valence-corrected chi connectivity index (χ4v) is 2.95. The standard InChI is InChI=1S/C18H23N/c1-5-19(6-2)18-13-9-12-17(15(18)4)16-11-8-7-10-14(16)3/h5-6,8-9,11-13,15,17H,1-2,7,10H2,3-4H3. The highest BCUT2D eigenvalue weighted by Crippen LogP contribution is 2.37. The van der Waals surface area contributed by atoms with Crippen LogP contribution in [0.3, 0.4) is 0 Å². The molecule has 0 heterocycles. The molecule has 2 aliphatic rings. The van der Waals surface area contributed by atoms with Crippen LogP contribution in [0.2, 0.25) is 0 Å². The third-order valence-corrected chi connectivity index (χ3v) is 4.12. The van der Waals surface area contributed by atoms with Crippen molar-refractivity contribution in [3.63, 3.8) is 0 Å². The summed E-state index contributed by atoms with van der Waals surface area (Å²) in [6, 6.07) is 0. The highest BCUT2D eigenvalue weighted by molar-refractivity contribution is 5.38. The van der Waals surface area contributed by atoms with Crippen LogP contribution in [0.5, 0.6) is 0 Å². The number of nitrogens with zero attached hydrogens (tertiary/aromatic N) is 1. The van der Waals surface area contributed by atoms with Crippen molar-refractivity contribution >= 4 is 0 Å². The van der Waals surface area contributed by atoms with Crippen LogP contribution in [0.15, 0.2) is 72.8 Å². The van der Waals surface area contributed by atoms with Crippen molar-refractivity contribution in [2.24, 2.45) is 11.8 Å². The van der Waals surface area contributed by atoms with E-state index in [4.69, 9.17) is 0 Å². The van der Waals surface area contributed by atoms with Crippen LogP contribution < -0.4 is 0 Å². The molecule has 0 aromatic heterocycles. The van der Waals surface area contributed by atoms with E-state index < -0.39 is 0 Å². The first-order chi connectivity index (χ1) is 9.19. The summed E-state index contributed by atoms with van der Waals surface area (Å²) in [6.07, 6.45) is 17.2. The second-order valence-corrected chi connectivity index (χ2v) is 5.24. The van der Waals surface area contributed by atoms with E-state index in [1.807, 2.05) is 17.3 Å². The van der Waals surface area contributed by atoms with Gasteiger partial charge >= 0.3 is 0 Å². The van der Waals surface area contributed by atoms with Gasteiger partial charge in [0.1, 0.15) is 0 Å². The van der Waals surface area contributed by atoms with Crippen LogP contribution in [0, 0.1) is 11.8 Å². The molecule has 0 aliphatic heterocycles. The SMILES string of the molecule is C=CN(C=C)C1=CC=CC(C2=C(C)CCC=C2)C1C. The summed E-state index contributed by atoms with van der Waals surface area (Å²) >= 11 is 0. The van der Waals surface area contributed by atoms with Crippen molar-refractivity contribution in [2.75, 3.05) is 0 Å². The van der Waals surface area contributed by atoms with Crippen LogP contribution in [0.25, 0.3) is 0 Å². The minimum absolute atomic E-state index is 0.439. The molecule has 0 amide bonds. The van der Waals surface area contributed by atoms with Gasteiger partial charge in [-0.1, -0.05) is 50.0 Å². The van der Waals surface area contributed by atoms with E-state index in [1.54, 1.807) is 0 Å². The molecular weight excluding hydrogens is 230 g/mol. The zero-order chi connectivity index (χ0) is 13.8. The van der Waals surface area contributed by atoms with E-state index in [9.17, 15) is 0 Å². The fourth-order valence-electron chi connectivity index (χ4n) is 2.95. The van der Waals surface area contributed by atoms with Gasteiger partial charge in [0.15, 0.2) is 0 Å². The Kier molecular flexibility index (Phi) is 4.26. The number of rotatable bonds is 4. The molecule has 1 heteroatoms. The van der Waals surface area contributed by atoms with E-state index in [1.165, 1.54) is 29.7 Å². The first-order valence-corrected chi connectivity index (χ1v) is 6.97. The van der Waals surface area contributed by atoms with Gasteiger partial charge in [-0.05, 0) is 31.4 Å². The summed E-state index contributed by atoms with van der Waals surface area (Å²) in [5.74, 6) is 0.896. The Morgan fingerprint density at radius 1 is 1.32 bits per heavy atom. The van der Waals surface area contributed by atoms with Crippen LogP contribution in [0.4, 0.5) is 0 Å². The number of hydrogen-bond acceptors (Lipinski definition) is 1. The van der Waals surface area contributed by atoms with Gasteiger partial charge in [0.2, 0.25) is 0 Å². The second-order valence-electron chi connectivity index (χ2n) is 5.24. The Hall–Kier alpha value is -1.76. The molecule has 0 aromatic rings. The molecule has 0 N–H and O–H groups in total. The zero-order valence-corrected chi connectivity index (χ0v) is 12.0. The lowest BCUT2D eigenvalue weighted by Crippen LogP contribution is -2.24. The highest BCUT2D eigenvalue weighted by Gasteiger charge is 2.26. The van der Waals surface area contributed by atoms with E-state index in [0.29, 0.717) is 11.8 Å². The molecule has 19 heavy (non-hydrogen) atoms. The van der Waals surface area contributed by atoms with Crippen molar-refractivity contribution < 1.29 is 0 Å². The smallest absolute Gasteiger partial charge is 0.0257 e. The lowest BCUT2D eigenvalue weighted by molar-refractivity contribution is 0.442. The monoisotopic (exact) mass is 253 g/mol. The van der Waals surface area contributed by atoms with Crippen LogP contribution in [0.1, 0.15) is 26.7 Å². The molecule has 1 nitrogen and oxygen atoms in total. The van der Waals surface area contributed by atoms with Gasteiger partial charge in [-0.15, -0.1) is 0 Å². The maximum atomic E-state index is 3.86. The van der Waals surface area contributed by atoms with Crippen molar-refractivity contribution in [1.29, 1.82) is 0 Å². The number of allylic oxidation sites excluding steroid dienone is 8. The fraction of sp³-hybridized carbons (Fsp3) is 0.333. The zero-order valence-electron chi connectivity index (χ0n) is 12.0. The quantitative estimate of drug-likeness (QED) is 0.685. The van der Waals surface area contributed by atoms with Crippen molar-refractivity contribution in [2.45, 2.75) is 26.7 Å². The van der Waals surface area contributed by atoms with Gasteiger partial charge in [0.25, 0.3) is 0 Å². The minimum atomic E-state index is 0.439. The molecule has 2 aliphatic carbocycles. The van der Waals surface area contributed by atoms with E-state index in [0.717, 1.165) is 0 Å². The van der Waals surface area contributed by atoms with Gasteiger partial charge in [0.05, 0.1) is 0 Å². The van der Waals surface area contributed by atoms with Gasteiger partial charge in [-0.2, -0.15) is 0 Å². The van der Waals surface area contributed by atoms with E-state index in [2.05, 4.69) is 57.4 Å². The predicted octanol–water partition coefficient (Wildman–Crippen LogP) is 4.95. The Morgan fingerprint density at radius 2 is 2.05 bits per heavy atom. The highest BCUT2D eigenvalue weighted by atomic mass is 15.1. The average Bonchev–Trinajstić information content (AvgIpc) is 2.43. The molecule has 0 saturated carbocycles. The lowest BCUT2D eigenvalue weighted by atomic mass is 9.78. The molecule has 0 saturated heterocycles. The van der Waals surface area contributed by atoms with Gasteiger partial charge in [-0.25, -0.2) is 0 Å². The summed E-state index contributed by atoms with van der Waals surface area (Å²) in [5, 5.41) is 0. The van der Waals surface area contributed by atoms with Crippen LogP contribution in [-0.4, -0.2) is 4.90 Å². The third kappa shape index (κ3) is 2.65. The lowest BCUT2D eigenvalue weighted by Gasteiger charge is -2.33. The summed E-state index contributed by atoms with van der Waals surface area (Å²) in [4.78, 5) is 2.02. The molecule has 0 fully saturated rings. The largest absolute Gasteiger partial charge is 0.328 e. The van der Waals surface area contributed by atoms with Crippen LogP contribution in [-0.2, 0) is 0 Å². The summed E-state index contributed by atoms with van der Waals surface area (Å²) in [6.45, 7) is 12.3. The van der Waals surface area contributed by atoms with Gasteiger partial charge < -0.3 is 4.90 Å². The van der Waals surface area contributed by atoms with Crippen molar-refractivity contribution in [1.82, 2.24) is 4.90 Å². The van der Waals surface area contributed by atoms with Crippen molar-refractivity contribution in [3.8, 4) is 0 Å². The Bertz CT molecular complexity index is 480. The Balaban J connectivity index is 2.30.